The van der Waals surface area contributed by atoms with Gasteiger partial charge in [-0.25, -0.2) is 9.79 Å². The van der Waals surface area contributed by atoms with Crippen LogP contribution in [0.5, 0.6) is 11.5 Å². The van der Waals surface area contributed by atoms with Crippen LogP contribution in [0.4, 0.5) is 0 Å². The number of thiazole rings is 1. The SMILES string of the molecule is COc1cc([C@H]2C(C(=O)OCC(C)C)=C(C)N=c3s/c(=C\C=C\c4ccccc4)c(=O)n32)ccc1OC(C)=O. The highest BCUT2D eigenvalue weighted by Crippen LogP contribution is 2.36. The van der Waals surface area contributed by atoms with Gasteiger partial charge in [-0.2, -0.15) is 0 Å². The summed E-state index contributed by atoms with van der Waals surface area (Å²) in [5.74, 6) is -0.381. The second-order valence-electron chi connectivity index (χ2n) is 9.37. The molecule has 3 aromatic rings. The summed E-state index contributed by atoms with van der Waals surface area (Å²) in [6.07, 6.45) is 5.47. The maximum absolute atomic E-state index is 13.7. The minimum Gasteiger partial charge on any atom is -0.493 e. The number of hydrogen-bond acceptors (Lipinski definition) is 8. The molecule has 9 heteroatoms. The van der Waals surface area contributed by atoms with E-state index in [0.717, 1.165) is 5.56 Å². The molecule has 0 unspecified atom stereocenters. The minimum absolute atomic E-state index is 0.133. The summed E-state index contributed by atoms with van der Waals surface area (Å²) >= 11 is 1.24. The number of allylic oxidation sites excluding steroid dienone is 2. The zero-order valence-corrected chi connectivity index (χ0v) is 23.3. The van der Waals surface area contributed by atoms with Crippen molar-refractivity contribution in [2.24, 2.45) is 10.9 Å². The molecule has 8 nitrogen and oxygen atoms in total. The molecule has 0 aliphatic carbocycles. The van der Waals surface area contributed by atoms with E-state index < -0.39 is 18.0 Å². The van der Waals surface area contributed by atoms with Crippen LogP contribution in [-0.2, 0) is 14.3 Å². The largest absolute Gasteiger partial charge is 0.493 e. The normalized spacial score (nSPS) is 15.3. The average molecular weight is 547 g/mol. The molecule has 0 saturated heterocycles. The first-order valence-electron chi connectivity index (χ1n) is 12.5. The first-order valence-corrected chi connectivity index (χ1v) is 13.3. The standard InChI is InChI=1S/C30H30N2O6S/c1-18(2)17-37-29(35)26-19(3)31-30-32(27(26)22-14-15-23(38-20(4)33)24(16-22)36-5)28(34)25(39-30)13-9-12-21-10-7-6-8-11-21/h6-16,18,27H,17H2,1-5H3/b12-9+,25-13-/t27-/m0/s1. The molecule has 0 N–H and O–H groups in total. The van der Waals surface area contributed by atoms with E-state index >= 15 is 0 Å². The molecule has 2 aromatic carbocycles. The highest BCUT2D eigenvalue weighted by molar-refractivity contribution is 7.07. The molecule has 1 aliphatic heterocycles. The van der Waals surface area contributed by atoms with Crippen LogP contribution in [-0.4, -0.2) is 30.2 Å². The fourth-order valence-electron chi connectivity index (χ4n) is 4.14. The fraction of sp³-hybridized carbons (Fsp3) is 0.267. The summed E-state index contributed by atoms with van der Waals surface area (Å²) in [7, 11) is 1.45. The zero-order valence-electron chi connectivity index (χ0n) is 22.5. The van der Waals surface area contributed by atoms with E-state index in [0.29, 0.717) is 26.3 Å². The Morgan fingerprint density at radius 3 is 2.54 bits per heavy atom. The number of hydrogen-bond donors (Lipinski definition) is 0. The van der Waals surface area contributed by atoms with Gasteiger partial charge in [-0.3, -0.25) is 14.2 Å². The topological polar surface area (TPSA) is 96.2 Å². The third-order valence-corrected chi connectivity index (χ3v) is 6.88. The van der Waals surface area contributed by atoms with Gasteiger partial charge in [0.1, 0.15) is 0 Å². The first kappa shape index (κ1) is 27.8. The Morgan fingerprint density at radius 2 is 1.87 bits per heavy atom. The molecule has 0 fully saturated rings. The lowest BCUT2D eigenvalue weighted by Crippen LogP contribution is -2.40. The first-order chi connectivity index (χ1) is 18.7. The molecule has 0 saturated carbocycles. The summed E-state index contributed by atoms with van der Waals surface area (Å²) in [5, 5.41) is 0. The van der Waals surface area contributed by atoms with Crippen LogP contribution in [0.25, 0.3) is 12.2 Å². The van der Waals surface area contributed by atoms with Gasteiger partial charge in [0.15, 0.2) is 16.3 Å². The van der Waals surface area contributed by atoms with Crippen molar-refractivity contribution in [1.82, 2.24) is 4.57 Å². The van der Waals surface area contributed by atoms with Gasteiger partial charge in [0.2, 0.25) is 0 Å². The Morgan fingerprint density at radius 1 is 1.13 bits per heavy atom. The lowest BCUT2D eigenvalue weighted by Gasteiger charge is -2.25. The van der Waals surface area contributed by atoms with Crippen LogP contribution in [0.1, 0.15) is 44.9 Å². The van der Waals surface area contributed by atoms with Crippen LogP contribution in [0, 0.1) is 5.92 Å². The van der Waals surface area contributed by atoms with Gasteiger partial charge in [0.05, 0.1) is 35.6 Å². The predicted octanol–water partition coefficient (Wildman–Crippen LogP) is 4.03. The predicted molar refractivity (Wildman–Crippen MR) is 150 cm³/mol. The van der Waals surface area contributed by atoms with E-state index in [1.807, 2.05) is 56.3 Å². The number of carbonyl (C=O) groups excluding carboxylic acids is 2. The molecule has 1 aliphatic rings. The van der Waals surface area contributed by atoms with Gasteiger partial charge in [-0.15, -0.1) is 0 Å². The van der Waals surface area contributed by atoms with Gasteiger partial charge in [0.25, 0.3) is 5.56 Å². The Bertz CT molecular complexity index is 1630. The molecule has 2 heterocycles. The van der Waals surface area contributed by atoms with Crippen LogP contribution in [0.2, 0.25) is 0 Å². The zero-order chi connectivity index (χ0) is 28.1. The maximum Gasteiger partial charge on any atom is 0.338 e. The number of aromatic nitrogens is 1. The van der Waals surface area contributed by atoms with E-state index in [2.05, 4.69) is 4.99 Å². The molecule has 0 radical (unpaired) electrons. The summed E-state index contributed by atoms with van der Waals surface area (Å²) in [5.41, 5.74) is 2.03. The fourth-order valence-corrected chi connectivity index (χ4v) is 5.13. The number of benzene rings is 2. The molecule has 202 valence electrons. The highest BCUT2D eigenvalue weighted by Gasteiger charge is 2.34. The van der Waals surface area contributed by atoms with E-state index in [9.17, 15) is 14.4 Å². The quantitative estimate of drug-likeness (QED) is 0.313. The van der Waals surface area contributed by atoms with Crippen molar-refractivity contribution in [2.75, 3.05) is 13.7 Å². The highest BCUT2D eigenvalue weighted by atomic mass is 32.1. The third kappa shape index (κ3) is 6.26. The summed E-state index contributed by atoms with van der Waals surface area (Å²) in [4.78, 5) is 43.7. The summed E-state index contributed by atoms with van der Waals surface area (Å²) in [6.45, 7) is 7.15. The Balaban J connectivity index is 1.86. The van der Waals surface area contributed by atoms with Crippen molar-refractivity contribution in [3.05, 3.63) is 96.7 Å². The number of methoxy groups -OCH3 is 1. The van der Waals surface area contributed by atoms with Gasteiger partial charge in [-0.05, 0) is 42.2 Å². The van der Waals surface area contributed by atoms with Crippen molar-refractivity contribution in [3.63, 3.8) is 0 Å². The second kappa shape index (κ2) is 12.1. The number of carbonyl (C=O) groups is 2. The number of nitrogens with zero attached hydrogens (tertiary/aromatic N) is 2. The number of ether oxygens (including phenoxy) is 3. The Hall–Kier alpha value is -4.24. The third-order valence-electron chi connectivity index (χ3n) is 5.88. The van der Waals surface area contributed by atoms with Crippen LogP contribution < -0.4 is 24.4 Å². The Kier molecular flexibility index (Phi) is 8.61. The van der Waals surface area contributed by atoms with Gasteiger partial charge >= 0.3 is 11.9 Å². The number of esters is 2. The number of fused-ring (bicyclic) bond motifs is 1. The van der Waals surface area contributed by atoms with Crippen LogP contribution in [0.3, 0.4) is 0 Å². The maximum atomic E-state index is 13.7. The van der Waals surface area contributed by atoms with Crippen molar-refractivity contribution in [3.8, 4) is 11.5 Å². The van der Waals surface area contributed by atoms with E-state index in [4.69, 9.17) is 14.2 Å². The molecule has 1 aromatic heterocycles. The van der Waals surface area contributed by atoms with Gasteiger partial charge in [0, 0.05) is 6.92 Å². The van der Waals surface area contributed by atoms with E-state index in [-0.39, 0.29) is 29.4 Å². The summed E-state index contributed by atoms with van der Waals surface area (Å²) in [6, 6.07) is 13.9. The van der Waals surface area contributed by atoms with Crippen molar-refractivity contribution >= 4 is 35.4 Å². The molecule has 0 bridgehead atoms. The van der Waals surface area contributed by atoms with Gasteiger partial charge < -0.3 is 14.2 Å². The molecule has 39 heavy (non-hydrogen) atoms. The molecule has 1 atom stereocenters. The Labute approximate surface area is 230 Å². The second-order valence-corrected chi connectivity index (χ2v) is 10.4. The molecular formula is C30H30N2O6S. The minimum atomic E-state index is -0.818. The van der Waals surface area contributed by atoms with Crippen molar-refractivity contribution in [1.29, 1.82) is 0 Å². The number of rotatable bonds is 8. The van der Waals surface area contributed by atoms with Crippen LogP contribution in [0.15, 0.2) is 75.7 Å². The van der Waals surface area contributed by atoms with Crippen LogP contribution >= 0.6 is 11.3 Å². The molecule has 0 amide bonds. The average Bonchev–Trinajstić information content (AvgIpc) is 3.21. The van der Waals surface area contributed by atoms with Gasteiger partial charge in [-0.1, -0.05) is 73.7 Å². The van der Waals surface area contributed by atoms with E-state index in [1.54, 1.807) is 31.2 Å². The van der Waals surface area contributed by atoms with Crippen molar-refractivity contribution in [2.45, 2.75) is 33.7 Å². The summed E-state index contributed by atoms with van der Waals surface area (Å²) < 4.78 is 18.3. The van der Waals surface area contributed by atoms with Crippen molar-refractivity contribution < 1.29 is 23.8 Å². The molecular weight excluding hydrogens is 516 g/mol. The lowest BCUT2D eigenvalue weighted by molar-refractivity contribution is -0.140. The smallest absolute Gasteiger partial charge is 0.338 e. The molecule has 4 rings (SSSR count). The monoisotopic (exact) mass is 546 g/mol. The molecule has 0 spiro atoms. The van der Waals surface area contributed by atoms with E-state index in [1.165, 1.54) is 29.9 Å². The lowest BCUT2D eigenvalue weighted by atomic mass is 9.95.